The number of ether oxygens (including phenoxy) is 2. The van der Waals surface area contributed by atoms with Crippen molar-refractivity contribution in [3.8, 4) is 0 Å². The van der Waals surface area contributed by atoms with E-state index in [0.29, 0.717) is 18.4 Å². The molecule has 0 spiro atoms. The lowest BCUT2D eigenvalue weighted by molar-refractivity contribution is -0.309. The van der Waals surface area contributed by atoms with Gasteiger partial charge in [-0.2, -0.15) is 0 Å². The minimum atomic E-state index is -2.26. The number of aliphatic hydroxyl groups excluding tert-OH is 1. The molecule has 0 aromatic rings. The second-order valence-electron chi connectivity index (χ2n) is 20.1. The molecule has 368 valence electrons. The van der Waals surface area contributed by atoms with Gasteiger partial charge in [0.1, 0.15) is 24.4 Å². The van der Waals surface area contributed by atoms with Gasteiger partial charge in [-0.1, -0.05) is 143 Å². The van der Waals surface area contributed by atoms with E-state index < -0.39 is 51.8 Å². The highest BCUT2D eigenvalue weighted by atomic mass is 28.4. The molecule has 1 aliphatic heterocycles. The van der Waals surface area contributed by atoms with Crippen LogP contribution in [0.4, 0.5) is 0 Å². The average Bonchev–Trinajstić information content (AvgIpc) is 3.29. The molecule has 0 bridgehead atoms. The third-order valence-electron chi connectivity index (χ3n) is 16.5. The molecule has 62 heavy (non-hydrogen) atoms. The van der Waals surface area contributed by atoms with Crippen LogP contribution >= 0.6 is 0 Å². The summed E-state index contributed by atoms with van der Waals surface area (Å²) in [6.45, 7) is 48.2. The monoisotopic (exact) mass is 943 g/mol. The van der Waals surface area contributed by atoms with Crippen molar-refractivity contribution in [2.75, 3.05) is 6.61 Å². The van der Waals surface area contributed by atoms with Gasteiger partial charge in [0.05, 0.1) is 18.8 Å². The number of hydrogen-bond donors (Lipinski definition) is 1. The second-order valence-corrected chi connectivity index (χ2v) is 39.0. The highest BCUT2D eigenvalue weighted by molar-refractivity contribution is 6.75. The van der Waals surface area contributed by atoms with Gasteiger partial charge in [-0.05, 0) is 116 Å². The first-order chi connectivity index (χ1) is 29.3. The van der Waals surface area contributed by atoms with Gasteiger partial charge in [-0.15, -0.1) is 6.58 Å². The van der Waals surface area contributed by atoms with Gasteiger partial charge in [0, 0.05) is 11.8 Å². The third-order valence-corrected chi connectivity index (χ3v) is 35.1. The summed E-state index contributed by atoms with van der Waals surface area (Å²) in [5.74, 6) is 1.38. The molecule has 1 rings (SSSR count). The van der Waals surface area contributed by atoms with Crippen molar-refractivity contribution in [3.63, 3.8) is 0 Å². The van der Waals surface area contributed by atoms with E-state index in [-0.39, 0.29) is 42.2 Å². The van der Waals surface area contributed by atoms with E-state index in [0.717, 1.165) is 84.5 Å². The maximum absolute atomic E-state index is 11.4. The molecule has 0 aliphatic carbocycles. The maximum atomic E-state index is 11.4. The maximum Gasteiger partial charge on any atom is 0.192 e. The van der Waals surface area contributed by atoms with Crippen LogP contribution in [-0.2, 0) is 27.2 Å². The van der Waals surface area contributed by atoms with Crippen LogP contribution in [0.3, 0.4) is 0 Å². The Morgan fingerprint density at radius 2 is 1.00 bits per heavy atom. The van der Waals surface area contributed by atoms with Crippen molar-refractivity contribution in [3.05, 3.63) is 24.3 Å². The Morgan fingerprint density at radius 1 is 0.581 bits per heavy atom. The standard InChI is InChI=1S/C51H106O7Si4/c1-21-39(15)35-40(16)36-43(19)47(44(20)37-42(18)46(52)41(17)22-2)55-51-50(58-62(32-12,33-13)34-14)49(57-61(29-9,30-10)31-11)48(56-60(26-6,27-7)28-8)45(54-51)38-53-59(23-3,24-4)25-5/h22,37,39-41,43-52H,2,21,23-36,38H2,1,3-20H3/b42-37+/t39-,40-,41-,43-,44-,45+,46-,47+,48+,49-,50-,51-/m0/s1. The molecule has 0 unspecified atom stereocenters. The first kappa shape index (κ1) is 60.1. The highest BCUT2D eigenvalue weighted by Gasteiger charge is 2.56. The van der Waals surface area contributed by atoms with Crippen molar-refractivity contribution in [2.45, 2.75) is 266 Å². The smallest absolute Gasteiger partial charge is 0.192 e. The molecule has 0 saturated carbocycles. The van der Waals surface area contributed by atoms with Crippen molar-refractivity contribution in [2.24, 2.45) is 29.6 Å². The van der Waals surface area contributed by atoms with Crippen LogP contribution in [0.2, 0.25) is 72.5 Å². The zero-order valence-corrected chi connectivity index (χ0v) is 48.5. The van der Waals surface area contributed by atoms with E-state index >= 15 is 0 Å². The molecular formula is C51H106O7Si4. The minimum absolute atomic E-state index is 0.00124. The van der Waals surface area contributed by atoms with Gasteiger partial charge < -0.3 is 32.3 Å². The average molecular weight is 944 g/mol. The van der Waals surface area contributed by atoms with Gasteiger partial charge in [-0.25, -0.2) is 0 Å². The normalized spacial score (nSPS) is 24.3. The molecule has 0 aromatic carbocycles. The number of rotatable bonds is 34. The van der Waals surface area contributed by atoms with Gasteiger partial charge >= 0.3 is 0 Å². The van der Waals surface area contributed by atoms with Crippen LogP contribution in [0.5, 0.6) is 0 Å². The van der Waals surface area contributed by atoms with E-state index in [4.69, 9.17) is 27.2 Å². The zero-order chi connectivity index (χ0) is 47.5. The highest BCUT2D eigenvalue weighted by Crippen LogP contribution is 2.42. The fourth-order valence-electron chi connectivity index (χ4n) is 10.5. The summed E-state index contributed by atoms with van der Waals surface area (Å²) in [6, 6.07) is 12.5. The van der Waals surface area contributed by atoms with E-state index in [2.05, 4.69) is 137 Å². The van der Waals surface area contributed by atoms with Crippen molar-refractivity contribution in [1.29, 1.82) is 0 Å². The number of aliphatic hydroxyl groups is 1. The molecule has 11 heteroatoms. The third kappa shape index (κ3) is 16.4. The molecule has 1 aliphatic rings. The van der Waals surface area contributed by atoms with Gasteiger partial charge in [-0.3, -0.25) is 0 Å². The SMILES string of the molecule is C=C[C@H](C)[C@H](O)/C(C)=C/[C@H](C)[C@H](O[C@@H]1O[C@H](CO[Si](CC)(CC)CC)[C@@H](O[Si](CC)(CC)CC)[C@H](O[Si](CC)(CC)CC)[C@@H]1O[Si](CC)(CC)CC)[C@@H](C)C[C@@H](C)C[C@@H](C)CC. The Hall–Kier alpha value is 0.0675. The molecular weight excluding hydrogens is 837 g/mol. The van der Waals surface area contributed by atoms with Crippen LogP contribution in [0.15, 0.2) is 24.3 Å². The van der Waals surface area contributed by atoms with Gasteiger partial charge in [0.15, 0.2) is 39.6 Å². The van der Waals surface area contributed by atoms with Crippen LogP contribution < -0.4 is 0 Å². The molecule has 7 nitrogen and oxygen atoms in total. The fourth-order valence-corrected chi connectivity index (χ4v) is 21.7. The number of hydrogen-bond acceptors (Lipinski definition) is 7. The summed E-state index contributed by atoms with van der Waals surface area (Å²) >= 11 is 0. The van der Waals surface area contributed by atoms with Crippen LogP contribution in [0.25, 0.3) is 0 Å². The first-order valence-electron chi connectivity index (χ1n) is 26.3. The molecule has 12 atom stereocenters. The molecule has 1 N–H and O–H groups in total. The largest absolute Gasteiger partial charge is 0.414 e. The predicted molar refractivity (Wildman–Crippen MR) is 278 cm³/mol. The Bertz CT molecular complexity index is 1200. The summed E-state index contributed by atoms with van der Waals surface area (Å²) in [5.41, 5.74) is 0.954. The molecule has 0 amide bonds. The van der Waals surface area contributed by atoms with Gasteiger partial charge in [0.2, 0.25) is 0 Å². The summed E-state index contributed by atoms with van der Waals surface area (Å²) < 4.78 is 46.1. The van der Waals surface area contributed by atoms with Crippen molar-refractivity contribution >= 4 is 33.3 Å². The van der Waals surface area contributed by atoms with Crippen molar-refractivity contribution in [1.82, 2.24) is 0 Å². The zero-order valence-electron chi connectivity index (χ0n) is 44.5. The lowest BCUT2D eigenvalue weighted by Crippen LogP contribution is -2.68. The van der Waals surface area contributed by atoms with Crippen LogP contribution in [0.1, 0.15) is 151 Å². The summed E-state index contributed by atoms with van der Waals surface area (Å²) in [4.78, 5) is 0. The fraction of sp³-hybridized carbons (Fsp3) is 0.922. The first-order valence-corrected chi connectivity index (χ1v) is 36.4. The Kier molecular flexibility index (Phi) is 28.2. The Balaban J connectivity index is 4.39. The molecule has 0 radical (unpaired) electrons. The minimum Gasteiger partial charge on any atom is -0.414 e. The summed E-state index contributed by atoms with van der Waals surface area (Å²) in [6.07, 6.45) is 4.58. The summed E-state index contributed by atoms with van der Waals surface area (Å²) in [7, 11) is -8.68. The predicted octanol–water partition coefficient (Wildman–Crippen LogP) is 15.2. The topological polar surface area (TPSA) is 75.6 Å². The van der Waals surface area contributed by atoms with Gasteiger partial charge in [0.25, 0.3) is 0 Å². The quantitative estimate of drug-likeness (QED) is 0.0509. The molecule has 1 fully saturated rings. The van der Waals surface area contributed by atoms with Crippen molar-refractivity contribution < 1.29 is 32.3 Å². The molecule has 1 heterocycles. The second kappa shape index (κ2) is 29.1. The van der Waals surface area contributed by atoms with Crippen LogP contribution in [-0.4, -0.2) is 87.9 Å². The molecule has 1 saturated heterocycles. The lowest BCUT2D eigenvalue weighted by atomic mass is 9.82. The van der Waals surface area contributed by atoms with E-state index in [1.165, 1.54) is 12.8 Å². The lowest BCUT2D eigenvalue weighted by Gasteiger charge is -2.54. The van der Waals surface area contributed by atoms with Crippen LogP contribution in [0, 0.1) is 29.6 Å². The Labute approximate surface area is 390 Å². The molecule has 0 aromatic heterocycles. The van der Waals surface area contributed by atoms with E-state index in [1.54, 1.807) is 0 Å². The summed E-state index contributed by atoms with van der Waals surface area (Å²) in [5, 5.41) is 11.4. The van der Waals surface area contributed by atoms with E-state index in [1.807, 2.05) is 13.0 Å². The Morgan fingerprint density at radius 3 is 1.40 bits per heavy atom. The van der Waals surface area contributed by atoms with E-state index in [9.17, 15) is 5.11 Å².